The monoisotopic (exact) mass is 645 g/mol. The standard InChI is InChI=1S/C30H30F3N5O4S2/c1-17(2)16-42-30(39)38-14-11-19(12-15-38)29-36-26(27(43-29)24-10-13-34-18(3)35-24)20-6-4-9-23(25(20)33)37-44(40,41)28-21(31)7-5-8-22(28)32/h4-10,13,17,19,37H,11-12,14-16H2,1-3H3. The van der Waals surface area contributed by atoms with Gasteiger partial charge in [-0.15, -0.1) is 11.3 Å². The molecule has 0 unspecified atom stereocenters. The minimum absolute atomic E-state index is 0.0253. The molecule has 0 saturated carbocycles. The number of likely N-dealkylation sites (tertiary alicyclic amines) is 1. The highest BCUT2D eigenvalue weighted by Crippen LogP contribution is 2.42. The Kier molecular flexibility index (Phi) is 9.20. The molecule has 5 rings (SSSR count). The minimum atomic E-state index is -4.82. The topological polar surface area (TPSA) is 114 Å². The number of hydrogen-bond acceptors (Lipinski definition) is 8. The van der Waals surface area contributed by atoms with Gasteiger partial charge in [0.05, 0.1) is 33.6 Å². The number of piperidine rings is 1. The van der Waals surface area contributed by atoms with Crippen molar-refractivity contribution in [3.63, 3.8) is 0 Å². The smallest absolute Gasteiger partial charge is 0.409 e. The molecule has 0 radical (unpaired) electrons. The summed E-state index contributed by atoms with van der Waals surface area (Å²) in [7, 11) is -4.82. The second-order valence-electron chi connectivity index (χ2n) is 10.8. The van der Waals surface area contributed by atoms with Crippen LogP contribution in [0.1, 0.15) is 43.4 Å². The number of anilines is 1. The van der Waals surface area contributed by atoms with Crippen molar-refractivity contribution in [1.82, 2.24) is 19.9 Å². The number of carbonyl (C=O) groups excluding carboxylic acids is 1. The molecule has 2 aromatic carbocycles. The number of rotatable bonds is 8. The van der Waals surface area contributed by atoms with Crippen molar-refractivity contribution in [3.05, 3.63) is 76.9 Å². The van der Waals surface area contributed by atoms with E-state index in [-0.39, 0.29) is 29.2 Å². The van der Waals surface area contributed by atoms with Crippen molar-refractivity contribution in [2.75, 3.05) is 24.4 Å². The maximum Gasteiger partial charge on any atom is 0.409 e. The molecule has 232 valence electrons. The average molecular weight is 646 g/mol. The molecule has 1 saturated heterocycles. The van der Waals surface area contributed by atoms with Crippen LogP contribution in [0.3, 0.4) is 0 Å². The van der Waals surface area contributed by atoms with Gasteiger partial charge in [-0.2, -0.15) is 0 Å². The van der Waals surface area contributed by atoms with Crippen LogP contribution in [0.5, 0.6) is 0 Å². The molecule has 1 amide bonds. The summed E-state index contributed by atoms with van der Waals surface area (Å²) in [6.45, 7) is 6.93. The molecule has 4 aromatic rings. The van der Waals surface area contributed by atoms with Crippen LogP contribution in [0.4, 0.5) is 23.7 Å². The molecule has 14 heteroatoms. The second kappa shape index (κ2) is 12.9. The fourth-order valence-corrected chi connectivity index (χ4v) is 7.23. The lowest BCUT2D eigenvalue weighted by Gasteiger charge is -2.30. The molecular formula is C30H30F3N5O4S2. The van der Waals surface area contributed by atoms with Crippen molar-refractivity contribution in [2.24, 2.45) is 5.92 Å². The number of aryl methyl sites for hydroxylation is 1. The molecule has 3 heterocycles. The largest absolute Gasteiger partial charge is 0.449 e. The first-order chi connectivity index (χ1) is 20.9. The van der Waals surface area contributed by atoms with Crippen LogP contribution < -0.4 is 4.72 Å². The number of amides is 1. The van der Waals surface area contributed by atoms with Gasteiger partial charge in [-0.05, 0) is 56.0 Å². The summed E-state index contributed by atoms with van der Waals surface area (Å²) >= 11 is 1.33. The number of halogens is 3. The van der Waals surface area contributed by atoms with E-state index in [1.54, 1.807) is 24.1 Å². The Labute approximate surface area is 257 Å². The van der Waals surface area contributed by atoms with Crippen LogP contribution in [0.2, 0.25) is 0 Å². The van der Waals surface area contributed by atoms with E-state index in [0.29, 0.717) is 53.9 Å². The maximum absolute atomic E-state index is 16.1. The number of aromatic nitrogens is 3. The zero-order chi connectivity index (χ0) is 31.6. The van der Waals surface area contributed by atoms with Gasteiger partial charge in [-0.25, -0.2) is 41.3 Å². The molecule has 9 nitrogen and oxygen atoms in total. The van der Waals surface area contributed by atoms with Gasteiger partial charge in [0.2, 0.25) is 0 Å². The highest BCUT2D eigenvalue weighted by molar-refractivity contribution is 7.92. The van der Waals surface area contributed by atoms with Gasteiger partial charge in [-0.1, -0.05) is 26.0 Å². The molecule has 44 heavy (non-hydrogen) atoms. The highest BCUT2D eigenvalue weighted by atomic mass is 32.2. The third kappa shape index (κ3) is 6.70. The lowest BCUT2D eigenvalue weighted by Crippen LogP contribution is -2.38. The lowest BCUT2D eigenvalue weighted by molar-refractivity contribution is 0.0834. The number of thiazole rings is 1. The summed E-state index contributed by atoms with van der Waals surface area (Å²) in [4.78, 5) is 26.9. The Bertz CT molecular complexity index is 1770. The Morgan fingerprint density at radius 2 is 1.75 bits per heavy atom. The summed E-state index contributed by atoms with van der Waals surface area (Å²) < 4.78 is 77.8. The molecule has 2 aromatic heterocycles. The zero-order valence-corrected chi connectivity index (χ0v) is 25.8. The van der Waals surface area contributed by atoms with Gasteiger partial charge in [-0.3, -0.25) is 4.72 Å². The predicted octanol–water partition coefficient (Wildman–Crippen LogP) is 6.77. The van der Waals surface area contributed by atoms with Crippen LogP contribution in [-0.4, -0.2) is 54.1 Å². The van der Waals surface area contributed by atoms with Crippen molar-refractivity contribution >= 4 is 33.1 Å². The Morgan fingerprint density at radius 3 is 2.41 bits per heavy atom. The third-order valence-electron chi connectivity index (χ3n) is 6.98. The van der Waals surface area contributed by atoms with Crippen molar-refractivity contribution in [2.45, 2.75) is 44.4 Å². The lowest BCUT2D eigenvalue weighted by atomic mass is 9.98. The number of hydrogen-bond donors (Lipinski definition) is 1. The zero-order valence-electron chi connectivity index (χ0n) is 24.2. The summed E-state index contributed by atoms with van der Waals surface area (Å²) in [5, 5.41) is 0.709. The first-order valence-corrected chi connectivity index (χ1v) is 16.2. The maximum atomic E-state index is 16.1. The predicted molar refractivity (Wildman–Crippen MR) is 160 cm³/mol. The van der Waals surface area contributed by atoms with E-state index in [2.05, 4.69) is 9.97 Å². The fourth-order valence-electron chi connectivity index (χ4n) is 4.82. The first-order valence-electron chi connectivity index (χ1n) is 13.9. The SMILES string of the molecule is Cc1nccc(-c2sc(C3CCN(C(=O)OCC(C)C)CC3)nc2-c2cccc(NS(=O)(=O)c3c(F)cccc3F)c2F)n1. The molecule has 0 spiro atoms. The van der Waals surface area contributed by atoms with Crippen molar-refractivity contribution < 1.29 is 31.1 Å². The molecule has 1 aliphatic rings. The number of ether oxygens (including phenoxy) is 1. The van der Waals surface area contributed by atoms with E-state index in [0.717, 1.165) is 24.3 Å². The number of nitrogens with zero attached hydrogens (tertiary/aromatic N) is 4. The van der Waals surface area contributed by atoms with Gasteiger partial charge < -0.3 is 9.64 Å². The fraction of sp³-hybridized carbons (Fsp3) is 0.333. The molecule has 1 fully saturated rings. The molecule has 0 bridgehead atoms. The second-order valence-corrected chi connectivity index (χ2v) is 13.4. The van der Waals surface area contributed by atoms with Crippen LogP contribution in [0.25, 0.3) is 21.8 Å². The molecule has 1 N–H and O–H groups in total. The summed E-state index contributed by atoms with van der Waals surface area (Å²) in [5.74, 6) is -2.90. The number of benzene rings is 2. The van der Waals surface area contributed by atoms with Gasteiger partial charge in [0.1, 0.15) is 17.5 Å². The van der Waals surface area contributed by atoms with Crippen LogP contribution in [0, 0.1) is 30.3 Å². The highest BCUT2D eigenvalue weighted by Gasteiger charge is 2.30. The number of sulfonamides is 1. The van der Waals surface area contributed by atoms with Crippen molar-refractivity contribution in [3.8, 4) is 21.8 Å². The van der Waals surface area contributed by atoms with Crippen LogP contribution >= 0.6 is 11.3 Å². The number of nitrogens with one attached hydrogen (secondary N) is 1. The number of carbonyl (C=O) groups is 1. The van der Waals surface area contributed by atoms with E-state index < -0.39 is 38.1 Å². The molecule has 1 aliphatic heterocycles. The van der Waals surface area contributed by atoms with Gasteiger partial charge in [0.25, 0.3) is 10.0 Å². The van der Waals surface area contributed by atoms with E-state index >= 15 is 4.39 Å². The van der Waals surface area contributed by atoms with Gasteiger partial charge in [0, 0.05) is 30.8 Å². The molecule has 0 atom stereocenters. The van der Waals surface area contributed by atoms with E-state index in [4.69, 9.17) is 9.72 Å². The Morgan fingerprint density at radius 1 is 1.07 bits per heavy atom. The summed E-state index contributed by atoms with van der Waals surface area (Å²) in [6.07, 6.45) is 2.45. The summed E-state index contributed by atoms with van der Waals surface area (Å²) in [6, 6.07) is 8.33. The third-order valence-corrected chi connectivity index (χ3v) is 9.64. The first kappa shape index (κ1) is 31.4. The van der Waals surface area contributed by atoms with E-state index in [1.165, 1.54) is 23.5 Å². The quantitative estimate of drug-likeness (QED) is 0.225. The van der Waals surface area contributed by atoms with Crippen molar-refractivity contribution in [1.29, 1.82) is 0 Å². The Balaban J connectivity index is 1.48. The van der Waals surface area contributed by atoms with Gasteiger partial charge in [0.15, 0.2) is 10.7 Å². The van der Waals surface area contributed by atoms with Crippen LogP contribution in [-0.2, 0) is 14.8 Å². The molecule has 0 aliphatic carbocycles. The summed E-state index contributed by atoms with van der Waals surface area (Å²) in [5.41, 5.74) is 0.211. The van der Waals surface area contributed by atoms with E-state index in [9.17, 15) is 22.0 Å². The molecular weight excluding hydrogens is 615 g/mol. The van der Waals surface area contributed by atoms with Gasteiger partial charge >= 0.3 is 6.09 Å². The average Bonchev–Trinajstić information content (AvgIpc) is 3.42. The van der Waals surface area contributed by atoms with Crippen LogP contribution in [0.15, 0.2) is 53.6 Å². The Hall–Kier alpha value is -4.04. The normalized spacial score (nSPS) is 14.2. The minimum Gasteiger partial charge on any atom is -0.449 e. The van der Waals surface area contributed by atoms with E-state index in [1.807, 2.05) is 18.6 Å².